The van der Waals surface area contributed by atoms with E-state index in [9.17, 15) is 13.6 Å². The van der Waals surface area contributed by atoms with Crippen molar-refractivity contribution in [3.8, 4) is 0 Å². The maximum Gasteiger partial charge on any atom is 0.237 e. The molecule has 1 saturated carbocycles. The molecular weight excluding hydrogens is 262 g/mol. The predicted molar refractivity (Wildman–Crippen MR) is 71.0 cm³/mol. The van der Waals surface area contributed by atoms with Crippen molar-refractivity contribution in [3.05, 3.63) is 35.4 Å². The number of carbonyl (C=O) groups is 1. The Hall–Kier alpha value is -1.49. The average molecular weight is 280 g/mol. The smallest absolute Gasteiger partial charge is 0.237 e. The first-order chi connectivity index (χ1) is 9.61. The van der Waals surface area contributed by atoms with Gasteiger partial charge >= 0.3 is 0 Å². The van der Waals surface area contributed by atoms with Gasteiger partial charge in [-0.3, -0.25) is 9.69 Å². The van der Waals surface area contributed by atoms with Crippen LogP contribution in [-0.4, -0.2) is 29.4 Å². The fraction of sp³-hybridized carbons (Fsp3) is 0.533. The number of hydrogen-bond donors (Lipinski definition) is 1. The molecule has 1 N–H and O–H groups in total. The molecule has 1 heterocycles. The number of amides is 1. The Kier molecular flexibility index (Phi) is 3.70. The normalized spacial score (nSPS) is 23.0. The summed E-state index contributed by atoms with van der Waals surface area (Å²) in [7, 11) is 0. The summed E-state index contributed by atoms with van der Waals surface area (Å²) in [6, 6.07) is 3.71. The Morgan fingerprint density at radius 1 is 1.20 bits per heavy atom. The van der Waals surface area contributed by atoms with Crippen LogP contribution in [0.5, 0.6) is 0 Å². The van der Waals surface area contributed by atoms with Crippen LogP contribution in [0.4, 0.5) is 8.78 Å². The molecule has 1 aromatic carbocycles. The number of benzene rings is 1. The number of carbonyl (C=O) groups excluding carboxylic acids is 1. The molecule has 5 heteroatoms. The van der Waals surface area contributed by atoms with Crippen LogP contribution >= 0.6 is 0 Å². The maximum atomic E-state index is 13.2. The molecule has 0 bridgehead atoms. The molecule has 1 aliphatic carbocycles. The van der Waals surface area contributed by atoms with Crippen LogP contribution in [0.15, 0.2) is 18.2 Å². The Morgan fingerprint density at radius 2 is 1.90 bits per heavy atom. The van der Waals surface area contributed by atoms with Gasteiger partial charge in [0.2, 0.25) is 5.91 Å². The summed E-state index contributed by atoms with van der Waals surface area (Å²) >= 11 is 0. The minimum atomic E-state index is -0.571. The summed E-state index contributed by atoms with van der Waals surface area (Å²) in [5, 5.41) is 3.01. The lowest BCUT2D eigenvalue weighted by molar-refractivity contribution is -0.125. The summed E-state index contributed by atoms with van der Waals surface area (Å²) in [4.78, 5) is 14.1. The van der Waals surface area contributed by atoms with E-state index >= 15 is 0 Å². The van der Waals surface area contributed by atoms with Gasteiger partial charge in [0.05, 0.1) is 6.04 Å². The number of nitrogens with zero attached hydrogens (tertiary/aromatic N) is 1. The quantitative estimate of drug-likeness (QED) is 0.917. The van der Waals surface area contributed by atoms with Crippen molar-refractivity contribution in [2.75, 3.05) is 6.54 Å². The highest BCUT2D eigenvalue weighted by Crippen LogP contribution is 2.24. The minimum absolute atomic E-state index is 0.0573. The molecular formula is C15H18F2N2O. The zero-order valence-corrected chi connectivity index (χ0v) is 11.2. The second-order valence-electron chi connectivity index (χ2n) is 5.69. The molecule has 1 saturated heterocycles. The Labute approximate surface area is 117 Å². The van der Waals surface area contributed by atoms with Gasteiger partial charge in [-0.05, 0) is 49.9 Å². The molecule has 1 unspecified atom stereocenters. The molecule has 2 fully saturated rings. The first kappa shape index (κ1) is 13.5. The summed E-state index contributed by atoms with van der Waals surface area (Å²) in [5.74, 6) is -1.08. The van der Waals surface area contributed by atoms with Gasteiger partial charge in [-0.15, -0.1) is 0 Å². The van der Waals surface area contributed by atoms with Crippen LogP contribution in [-0.2, 0) is 11.3 Å². The lowest BCUT2D eigenvalue weighted by Crippen LogP contribution is -2.43. The molecule has 0 spiro atoms. The van der Waals surface area contributed by atoms with Crippen LogP contribution in [0.2, 0.25) is 0 Å². The molecule has 1 amide bonds. The van der Waals surface area contributed by atoms with Gasteiger partial charge in [-0.1, -0.05) is 0 Å². The van der Waals surface area contributed by atoms with E-state index in [1.54, 1.807) is 0 Å². The summed E-state index contributed by atoms with van der Waals surface area (Å²) in [6.45, 7) is 1.21. The van der Waals surface area contributed by atoms with E-state index < -0.39 is 11.6 Å². The third kappa shape index (κ3) is 3.15. The molecule has 20 heavy (non-hydrogen) atoms. The molecule has 2 aliphatic rings. The average Bonchev–Trinajstić information content (AvgIpc) is 3.05. The Bertz CT molecular complexity index is 496. The van der Waals surface area contributed by atoms with E-state index in [4.69, 9.17) is 0 Å². The van der Waals surface area contributed by atoms with Crippen LogP contribution in [0, 0.1) is 11.6 Å². The summed E-state index contributed by atoms with van der Waals surface area (Å²) in [5.41, 5.74) is 0.577. The first-order valence-corrected chi connectivity index (χ1v) is 7.11. The number of halogens is 2. The van der Waals surface area contributed by atoms with Crippen LogP contribution in [0.1, 0.15) is 31.2 Å². The van der Waals surface area contributed by atoms with Gasteiger partial charge in [-0.2, -0.15) is 0 Å². The molecule has 3 nitrogen and oxygen atoms in total. The monoisotopic (exact) mass is 280 g/mol. The SMILES string of the molecule is O=C(NC1CC1)C1CCCN1Cc1cc(F)cc(F)c1. The number of nitrogens with one attached hydrogen (secondary N) is 1. The fourth-order valence-corrected chi connectivity index (χ4v) is 2.77. The highest BCUT2D eigenvalue weighted by Gasteiger charge is 2.33. The zero-order chi connectivity index (χ0) is 14.1. The molecule has 0 aromatic heterocycles. The van der Waals surface area contributed by atoms with E-state index in [0.29, 0.717) is 18.2 Å². The Balaban J connectivity index is 1.66. The van der Waals surface area contributed by atoms with Crippen molar-refractivity contribution in [3.63, 3.8) is 0 Å². The second-order valence-corrected chi connectivity index (χ2v) is 5.69. The molecule has 3 rings (SSSR count). The largest absolute Gasteiger partial charge is 0.352 e. The van der Waals surface area contributed by atoms with E-state index in [2.05, 4.69) is 5.32 Å². The van der Waals surface area contributed by atoms with Gasteiger partial charge in [-0.25, -0.2) is 8.78 Å². The van der Waals surface area contributed by atoms with Gasteiger partial charge in [0, 0.05) is 18.7 Å². The van der Waals surface area contributed by atoms with Gasteiger partial charge in [0.1, 0.15) is 11.6 Å². The third-order valence-corrected chi connectivity index (χ3v) is 3.90. The zero-order valence-electron chi connectivity index (χ0n) is 11.2. The van der Waals surface area contributed by atoms with Gasteiger partial charge in [0.25, 0.3) is 0 Å². The molecule has 0 radical (unpaired) electrons. The van der Waals surface area contributed by atoms with E-state index in [1.165, 1.54) is 12.1 Å². The maximum absolute atomic E-state index is 13.2. The highest BCUT2D eigenvalue weighted by atomic mass is 19.1. The topological polar surface area (TPSA) is 32.3 Å². The van der Waals surface area contributed by atoms with Crippen molar-refractivity contribution >= 4 is 5.91 Å². The molecule has 1 atom stereocenters. The summed E-state index contributed by atoms with van der Waals surface area (Å²) in [6.07, 6.45) is 3.89. The molecule has 1 aromatic rings. The predicted octanol–water partition coefficient (Wildman–Crippen LogP) is 2.21. The van der Waals surface area contributed by atoms with Crippen LogP contribution in [0.3, 0.4) is 0 Å². The third-order valence-electron chi connectivity index (χ3n) is 3.90. The van der Waals surface area contributed by atoms with Crippen molar-refractivity contribution in [2.24, 2.45) is 0 Å². The van der Waals surface area contributed by atoms with Crippen molar-refractivity contribution < 1.29 is 13.6 Å². The minimum Gasteiger partial charge on any atom is -0.352 e. The number of likely N-dealkylation sites (tertiary alicyclic amines) is 1. The fourth-order valence-electron chi connectivity index (χ4n) is 2.77. The van der Waals surface area contributed by atoms with Crippen molar-refractivity contribution in [1.29, 1.82) is 0 Å². The van der Waals surface area contributed by atoms with Gasteiger partial charge in [0.15, 0.2) is 0 Å². The van der Waals surface area contributed by atoms with E-state index in [0.717, 1.165) is 38.3 Å². The lowest BCUT2D eigenvalue weighted by atomic mass is 10.1. The first-order valence-electron chi connectivity index (χ1n) is 7.11. The summed E-state index contributed by atoms with van der Waals surface area (Å²) < 4.78 is 26.4. The highest BCUT2D eigenvalue weighted by molar-refractivity contribution is 5.82. The number of hydrogen-bond acceptors (Lipinski definition) is 2. The van der Waals surface area contributed by atoms with Crippen molar-refractivity contribution in [1.82, 2.24) is 10.2 Å². The molecule has 108 valence electrons. The second kappa shape index (κ2) is 5.48. The van der Waals surface area contributed by atoms with Crippen LogP contribution < -0.4 is 5.32 Å². The van der Waals surface area contributed by atoms with E-state index in [1.807, 2.05) is 4.90 Å². The Morgan fingerprint density at radius 3 is 2.55 bits per heavy atom. The standard InChI is InChI=1S/C15H18F2N2O/c16-11-6-10(7-12(17)8-11)9-19-5-1-2-14(19)15(20)18-13-3-4-13/h6-8,13-14H,1-5,9H2,(H,18,20). The molecule has 1 aliphatic heterocycles. The van der Waals surface area contributed by atoms with E-state index in [-0.39, 0.29) is 11.9 Å². The van der Waals surface area contributed by atoms with Crippen molar-refractivity contribution in [2.45, 2.75) is 44.3 Å². The van der Waals surface area contributed by atoms with Gasteiger partial charge < -0.3 is 5.32 Å². The lowest BCUT2D eigenvalue weighted by Gasteiger charge is -2.23. The van der Waals surface area contributed by atoms with Crippen LogP contribution in [0.25, 0.3) is 0 Å². The number of rotatable bonds is 4.